The highest BCUT2D eigenvalue weighted by atomic mass is 31.2. The summed E-state index contributed by atoms with van der Waals surface area (Å²) in [5.41, 5.74) is 0. The Morgan fingerprint density at radius 1 is 0.305 bits per heavy atom. The minimum Gasteiger partial charge on any atom is -0.463 e. The Morgan fingerprint density at radius 3 is 0.884 bits per heavy atom. The highest BCUT2D eigenvalue weighted by Gasteiger charge is 2.29. The number of hydrogen-bond acceptors (Lipinski definition) is 14. The Kier molecular flexibility index (Phi) is 67.3. The van der Waals surface area contributed by atoms with Crippen molar-refractivity contribution in [2.45, 2.75) is 322 Å². The molecule has 5 atom stereocenters. The first-order valence-electron chi connectivity index (χ1n) is 37.2. The van der Waals surface area contributed by atoms with Crippen LogP contribution in [0.2, 0.25) is 0 Å². The van der Waals surface area contributed by atoms with Gasteiger partial charge in [-0.05, 0) is 103 Å². The molecule has 0 aromatic carbocycles. The van der Waals surface area contributed by atoms with E-state index in [0.29, 0.717) is 19.3 Å². The van der Waals surface area contributed by atoms with Crippen LogP contribution in [0.4, 0.5) is 0 Å². The van der Waals surface area contributed by atoms with Crippen molar-refractivity contribution < 1.29 is 75.8 Å². The minimum absolute atomic E-state index is 0.105. The van der Waals surface area contributed by atoms with Gasteiger partial charge >= 0.3 is 33.6 Å². The van der Waals surface area contributed by atoms with Crippen LogP contribution in [0.15, 0.2) is 109 Å². The average molecular weight is 1380 g/mol. The van der Waals surface area contributed by atoms with Gasteiger partial charge in [-0.1, -0.05) is 291 Å². The second-order valence-electron chi connectivity index (χ2n) is 24.7. The third kappa shape index (κ3) is 71.3. The van der Waals surface area contributed by atoms with Gasteiger partial charge in [0, 0.05) is 19.3 Å². The maximum absolute atomic E-state index is 12.9. The van der Waals surface area contributed by atoms with Gasteiger partial charge in [-0.2, -0.15) is 0 Å². The highest BCUT2D eigenvalue weighted by Crippen LogP contribution is 2.45. The van der Waals surface area contributed by atoms with Crippen LogP contribution in [0, 0.1) is 0 Å². The molecule has 0 aromatic heterocycles. The van der Waals surface area contributed by atoms with Crippen LogP contribution in [-0.2, 0) is 55.8 Å². The third-order valence-electron chi connectivity index (χ3n) is 15.5. The molecule has 0 amide bonds. The molecule has 16 nitrogen and oxygen atoms in total. The van der Waals surface area contributed by atoms with E-state index < -0.39 is 91.5 Å². The van der Waals surface area contributed by atoms with E-state index >= 15 is 0 Å². The molecule has 95 heavy (non-hydrogen) atoms. The van der Waals surface area contributed by atoms with Crippen LogP contribution in [0.25, 0.3) is 0 Å². The summed E-state index contributed by atoms with van der Waals surface area (Å²) in [5.74, 6) is -1.58. The molecule has 0 saturated carbocycles. The lowest BCUT2D eigenvalue weighted by atomic mass is 10.0. The number of unbranched alkanes of at least 4 members (excludes halogenated alkanes) is 29. The number of phosphoric acid groups is 2. The molecule has 18 heteroatoms. The Balaban J connectivity index is 4.55. The van der Waals surface area contributed by atoms with Crippen molar-refractivity contribution in [3.8, 4) is 0 Å². The van der Waals surface area contributed by atoms with Crippen LogP contribution >= 0.6 is 15.6 Å². The Hall–Kier alpha value is -3.79. The number of rotatable bonds is 70. The first-order valence-corrected chi connectivity index (χ1v) is 40.2. The van der Waals surface area contributed by atoms with Gasteiger partial charge in [0.1, 0.15) is 25.4 Å². The van der Waals surface area contributed by atoms with E-state index in [-0.39, 0.29) is 19.3 Å². The second-order valence-corrected chi connectivity index (χ2v) is 27.6. The summed E-state index contributed by atoms with van der Waals surface area (Å²) in [6.07, 6.45) is 79.9. The Labute approximate surface area is 577 Å². The highest BCUT2D eigenvalue weighted by molar-refractivity contribution is 7.47. The van der Waals surface area contributed by atoms with Crippen molar-refractivity contribution in [2.75, 3.05) is 39.6 Å². The van der Waals surface area contributed by atoms with Gasteiger partial charge in [-0.15, -0.1) is 0 Å². The van der Waals surface area contributed by atoms with Crippen molar-refractivity contribution >= 4 is 33.6 Å². The molecular weight excluding hydrogens is 1240 g/mol. The summed E-state index contributed by atoms with van der Waals surface area (Å²) in [5, 5.41) is 20.6. The lowest BCUT2D eigenvalue weighted by molar-refractivity contribution is -0.161. The second kappa shape index (κ2) is 70.1. The van der Waals surface area contributed by atoms with Crippen molar-refractivity contribution in [2.24, 2.45) is 0 Å². The van der Waals surface area contributed by atoms with Gasteiger partial charge in [-0.25, -0.2) is 9.13 Å². The molecule has 0 radical (unpaired) electrons. The fraction of sp³-hybridized carbons (Fsp3) is 0.727. The maximum atomic E-state index is 12.9. The SMILES string of the molecule is CC/C=C\C/C=C\C/C=C\C/C=C\C/C=C\C/C=C\CCCCCCCCCCC(=O)OCC(O)COP(=O)(O)OCC(O)COP(=O)(O)OCC(COC(=O)CCCCCCCCC/C=C\C/C=C\C/C=C\CC)OC(=O)CCCCCCCCCCCCCCCCC. The average Bonchev–Trinajstić information content (AvgIpc) is 2.05. The number of carbonyl (C=O) groups is 3. The van der Waals surface area contributed by atoms with Crippen molar-refractivity contribution in [3.05, 3.63) is 109 Å². The van der Waals surface area contributed by atoms with E-state index in [4.69, 9.17) is 32.3 Å². The fourth-order valence-electron chi connectivity index (χ4n) is 9.88. The lowest BCUT2D eigenvalue weighted by Crippen LogP contribution is -2.30. The quantitative estimate of drug-likeness (QED) is 0.0146. The normalized spacial score (nSPS) is 14.7. The molecule has 5 unspecified atom stereocenters. The number of aliphatic hydroxyl groups excluding tert-OH is 2. The molecule has 4 N–H and O–H groups in total. The monoisotopic (exact) mass is 1380 g/mol. The summed E-state index contributed by atoms with van der Waals surface area (Å²) < 4.78 is 61.0. The van der Waals surface area contributed by atoms with Crippen molar-refractivity contribution in [1.29, 1.82) is 0 Å². The number of carbonyl (C=O) groups excluding carboxylic acids is 3. The zero-order chi connectivity index (χ0) is 69.5. The van der Waals surface area contributed by atoms with Crippen LogP contribution in [0.5, 0.6) is 0 Å². The van der Waals surface area contributed by atoms with Gasteiger partial charge < -0.3 is 34.2 Å². The molecule has 0 aromatic rings. The van der Waals surface area contributed by atoms with Crippen LogP contribution in [-0.4, -0.2) is 95.9 Å². The molecule has 0 bridgehead atoms. The number of hydrogen-bond donors (Lipinski definition) is 4. The van der Waals surface area contributed by atoms with E-state index in [1.807, 2.05) is 0 Å². The summed E-state index contributed by atoms with van der Waals surface area (Å²) in [6.45, 7) is 2.46. The smallest absolute Gasteiger partial charge is 0.463 e. The van der Waals surface area contributed by atoms with Gasteiger partial charge in [-0.3, -0.25) is 32.5 Å². The number of allylic oxidation sites excluding steroid dienone is 18. The van der Waals surface area contributed by atoms with Gasteiger partial charge in [0.15, 0.2) is 6.10 Å². The molecular formula is C77H134O16P2. The standard InChI is InChI=1S/C77H134O16P2/c1-4-7-10-13-16-19-22-25-28-30-31-32-33-34-35-36-37-38-39-41-44-45-48-51-54-57-60-63-75(80)87-66-72(78)67-89-94(83,84)90-68-73(79)69-91-95(85,86)92-71-74(93-77(82)65-62-59-56-53-50-47-42-27-24-21-18-15-12-9-6-3)70-88-76(81)64-61-58-55-52-49-46-43-40-29-26-23-20-17-14-11-8-5-2/h7-8,10-11,16-17,19-20,25-26,28-29,31-32,34-35,37-38,72-74,78-79H,4-6,9,12-15,18,21-24,27,30,33,36,39-71H2,1-3H3,(H,83,84)(H,85,86)/b10-7-,11-8-,19-16-,20-17-,28-25-,29-26-,32-31-,35-34-,38-37-. The topological polar surface area (TPSA) is 231 Å². The molecule has 0 rings (SSSR count). The predicted octanol–water partition coefficient (Wildman–Crippen LogP) is 21.2. The zero-order valence-corrected chi connectivity index (χ0v) is 61.4. The Bertz CT molecular complexity index is 2170. The molecule has 0 spiro atoms. The Morgan fingerprint density at radius 2 is 0.558 bits per heavy atom. The van der Waals surface area contributed by atoms with Gasteiger partial charge in [0.05, 0.1) is 26.4 Å². The van der Waals surface area contributed by atoms with Crippen molar-refractivity contribution in [1.82, 2.24) is 0 Å². The maximum Gasteiger partial charge on any atom is 0.472 e. The first-order chi connectivity index (χ1) is 46.2. The number of ether oxygens (including phenoxy) is 3. The van der Waals surface area contributed by atoms with E-state index in [1.54, 1.807) is 0 Å². The summed E-state index contributed by atoms with van der Waals surface area (Å²) in [4.78, 5) is 58.5. The summed E-state index contributed by atoms with van der Waals surface area (Å²) >= 11 is 0. The lowest BCUT2D eigenvalue weighted by Gasteiger charge is -2.21. The van der Waals surface area contributed by atoms with E-state index in [0.717, 1.165) is 161 Å². The number of aliphatic hydroxyl groups is 2. The molecule has 0 aliphatic rings. The summed E-state index contributed by atoms with van der Waals surface area (Å²) in [7, 11) is -9.78. The van der Waals surface area contributed by atoms with Crippen molar-refractivity contribution in [3.63, 3.8) is 0 Å². The molecule has 0 saturated heterocycles. The van der Waals surface area contributed by atoms with Gasteiger partial charge in [0.25, 0.3) is 0 Å². The molecule has 548 valence electrons. The molecule has 0 heterocycles. The minimum atomic E-state index is -4.93. The number of esters is 3. The van der Waals surface area contributed by atoms with Gasteiger partial charge in [0.2, 0.25) is 0 Å². The first kappa shape index (κ1) is 91.2. The van der Waals surface area contributed by atoms with E-state index in [2.05, 4.69) is 130 Å². The summed E-state index contributed by atoms with van der Waals surface area (Å²) in [6, 6.07) is 0. The van der Waals surface area contributed by atoms with Crippen LogP contribution in [0.3, 0.4) is 0 Å². The van der Waals surface area contributed by atoms with E-state index in [1.165, 1.54) is 83.5 Å². The van der Waals surface area contributed by atoms with E-state index in [9.17, 15) is 43.5 Å². The largest absolute Gasteiger partial charge is 0.472 e. The third-order valence-corrected chi connectivity index (χ3v) is 17.4. The predicted molar refractivity (Wildman–Crippen MR) is 390 cm³/mol. The van der Waals surface area contributed by atoms with Crippen LogP contribution < -0.4 is 0 Å². The fourth-order valence-corrected chi connectivity index (χ4v) is 11.5. The van der Waals surface area contributed by atoms with Crippen LogP contribution in [0.1, 0.15) is 303 Å². The molecule has 0 aliphatic heterocycles. The number of phosphoric ester groups is 2. The molecule has 0 fully saturated rings. The zero-order valence-electron chi connectivity index (χ0n) is 59.6. The molecule has 0 aliphatic carbocycles.